The summed E-state index contributed by atoms with van der Waals surface area (Å²) in [7, 11) is 0. The summed E-state index contributed by atoms with van der Waals surface area (Å²) in [6, 6.07) is 12.0. The highest BCUT2D eigenvalue weighted by Gasteiger charge is 2.06. The number of benzene rings is 2. The van der Waals surface area contributed by atoms with Crippen LogP contribution in [0.5, 0.6) is 11.5 Å². The van der Waals surface area contributed by atoms with Gasteiger partial charge >= 0.3 is 17.9 Å². The van der Waals surface area contributed by atoms with Crippen LogP contribution in [0.25, 0.3) is 0 Å². The van der Waals surface area contributed by atoms with Crippen molar-refractivity contribution in [2.24, 2.45) is 0 Å². The Hall–Kier alpha value is -4.07. The second-order valence-corrected chi connectivity index (χ2v) is 7.00. The number of hydrogen-bond acceptors (Lipinski definition) is 8. The third-order valence-corrected chi connectivity index (χ3v) is 3.90. The topological polar surface area (TPSA) is 119 Å². The fraction of sp³-hybridized carbons (Fsp3) is 0.321. The zero-order chi connectivity index (χ0) is 27.2. The monoisotopic (exact) mass is 500 g/mol. The molecule has 0 aromatic heterocycles. The number of phenols is 2. The van der Waals surface area contributed by atoms with E-state index in [0.29, 0.717) is 30.9 Å². The SMILES string of the molecule is C/C=C/C=C/C(=O)OCC.CCCOC(=O)c1ccc(O)cc1.CCCOC(=O)c1ccc(O)cc1. The molecule has 8 nitrogen and oxygen atoms in total. The number of allylic oxidation sites excluding steroid dienone is 3. The maximum Gasteiger partial charge on any atom is 0.338 e. The minimum atomic E-state index is -0.346. The molecule has 0 amide bonds. The molecule has 0 aliphatic carbocycles. The van der Waals surface area contributed by atoms with E-state index in [2.05, 4.69) is 4.74 Å². The number of phenolic OH excluding ortho intramolecular Hbond substituents is 2. The predicted octanol–water partition coefficient (Wildman–Crippen LogP) is 5.60. The molecule has 2 aromatic carbocycles. The van der Waals surface area contributed by atoms with E-state index in [1.54, 1.807) is 19.1 Å². The standard InChI is InChI=1S/2C10H12O3.C8H12O2/c2*1-2-7-13-10(12)8-3-5-9(11)6-4-8;1-3-5-6-7-8(9)10-4-2/h2*3-6,11H,2,7H2,1H3;3,5-7H,4H2,1-2H3/b;;5-3+,7-6+. The lowest BCUT2D eigenvalue weighted by Gasteiger charge is -2.02. The normalized spacial score (nSPS) is 10.0. The summed E-state index contributed by atoms with van der Waals surface area (Å²) < 4.78 is 14.4. The molecule has 0 bridgehead atoms. The second-order valence-electron chi connectivity index (χ2n) is 7.00. The molecule has 196 valence electrons. The summed E-state index contributed by atoms with van der Waals surface area (Å²) in [5.41, 5.74) is 0.928. The highest BCUT2D eigenvalue weighted by atomic mass is 16.5. The molecule has 2 rings (SSSR count). The van der Waals surface area contributed by atoms with Crippen LogP contribution in [0.4, 0.5) is 0 Å². The fourth-order valence-electron chi connectivity index (χ4n) is 2.19. The molecule has 8 heteroatoms. The molecule has 0 aliphatic heterocycles. The third-order valence-electron chi connectivity index (χ3n) is 3.90. The van der Waals surface area contributed by atoms with E-state index in [4.69, 9.17) is 19.7 Å². The van der Waals surface area contributed by atoms with E-state index < -0.39 is 0 Å². The van der Waals surface area contributed by atoms with Crippen molar-refractivity contribution in [1.82, 2.24) is 0 Å². The van der Waals surface area contributed by atoms with Gasteiger partial charge in [0.2, 0.25) is 0 Å². The first-order valence-electron chi connectivity index (χ1n) is 11.7. The lowest BCUT2D eigenvalue weighted by atomic mass is 10.2. The lowest BCUT2D eigenvalue weighted by Crippen LogP contribution is -2.05. The van der Waals surface area contributed by atoms with Crippen LogP contribution in [-0.2, 0) is 19.0 Å². The number of esters is 3. The summed E-state index contributed by atoms with van der Waals surface area (Å²) in [6.07, 6.45) is 8.28. The highest BCUT2D eigenvalue weighted by molar-refractivity contribution is 5.90. The van der Waals surface area contributed by atoms with Crippen LogP contribution in [-0.4, -0.2) is 47.9 Å². The Balaban J connectivity index is 0.000000517. The van der Waals surface area contributed by atoms with Gasteiger partial charge in [0.25, 0.3) is 0 Å². The Morgan fingerprint density at radius 3 is 1.44 bits per heavy atom. The molecular formula is C28H36O8. The molecule has 0 spiro atoms. The Labute approximate surface area is 212 Å². The van der Waals surface area contributed by atoms with Crippen LogP contribution in [0.15, 0.2) is 72.8 Å². The summed E-state index contributed by atoms with van der Waals surface area (Å²) in [4.78, 5) is 33.0. The fourth-order valence-corrected chi connectivity index (χ4v) is 2.19. The molecule has 0 fully saturated rings. The van der Waals surface area contributed by atoms with Gasteiger partial charge in [-0.05, 0) is 75.2 Å². The van der Waals surface area contributed by atoms with Gasteiger partial charge in [0.1, 0.15) is 11.5 Å². The van der Waals surface area contributed by atoms with E-state index in [1.807, 2.05) is 26.8 Å². The number of rotatable bonds is 9. The molecule has 36 heavy (non-hydrogen) atoms. The predicted molar refractivity (Wildman–Crippen MR) is 138 cm³/mol. The van der Waals surface area contributed by atoms with E-state index in [9.17, 15) is 14.4 Å². The van der Waals surface area contributed by atoms with Gasteiger partial charge in [0, 0.05) is 6.08 Å². The number of ether oxygens (including phenoxy) is 3. The Morgan fingerprint density at radius 2 is 1.11 bits per heavy atom. The minimum absolute atomic E-state index is 0.145. The summed E-state index contributed by atoms with van der Waals surface area (Å²) in [5.74, 6) is -0.691. The largest absolute Gasteiger partial charge is 0.508 e. The van der Waals surface area contributed by atoms with Gasteiger partial charge < -0.3 is 24.4 Å². The van der Waals surface area contributed by atoms with Crippen LogP contribution < -0.4 is 0 Å². The van der Waals surface area contributed by atoms with Crippen molar-refractivity contribution in [3.8, 4) is 11.5 Å². The molecule has 0 atom stereocenters. The van der Waals surface area contributed by atoms with Crippen LogP contribution in [0, 0.1) is 0 Å². The summed E-state index contributed by atoms with van der Waals surface area (Å²) in [5, 5.41) is 17.9. The van der Waals surface area contributed by atoms with Crippen LogP contribution >= 0.6 is 0 Å². The van der Waals surface area contributed by atoms with Crippen molar-refractivity contribution in [2.45, 2.75) is 40.5 Å². The maximum absolute atomic E-state index is 11.2. The van der Waals surface area contributed by atoms with Gasteiger partial charge in [0.05, 0.1) is 30.9 Å². The lowest BCUT2D eigenvalue weighted by molar-refractivity contribution is -0.137. The van der Waals surface area contributed by atoms with Gasteiger partial charge in [-0.1, -0.05) is 32.1 Å². The van der Waals surface area contributed by atoms with Gasteiger partial charge in [-0.25, -0.2) is 14.4 Å². The zero-order valence-electron chi connectivity index (χ0n) is 21.3. The molecular weight excluding hydrogens is 464 g/mol. The average Bonchev–Trinajstić information content (AvgIpc) is 2.88. The summed E-state index contributed by atoms with van der Waals surface area (Å²) >= 11 is 0. The van der Waals surface area contributed by atoms with E-state index in [-0.39, 0.29) is 29.4 Å². The molecule has 0 saturated heterocycles. The number of carbonyl (C=O) groups excluding carboxylic acids is 3. The zero-order valence-corrected chi connectivity index (χ0v) is 21.3. The molecule has 2 aromatic rings. The average molecular weight is 501 g/mol. The third kappa shape index (κ3) is 15.7. The molecule has 0 heterocycles. The second kappa shape index (κ2) is 20.3. The van der Waals surface area contributed by atoms with Crippen molar-refractivity contribution >= 4 is 17.9 Å². The molecule has 0 saturated carbocycles. The van der Waals surface area contributed by atoms with E-state index in [0.717, 1.165) is 12.8 Å². The molecule has 2 N–H and O–H groups in total. The molecule has 0 aliphatic rings. The van der Waals surface area contributed by atoms with Gasteiger partial charge in [0.15, 0.2) is 0 Å². The smallest absolute Gasteiger partial charge is 0.338 e. The molecule has 0 radical (unpaired) electrons. The van der Waals surface area contributed by atoms with Gasteiger partial charge in [-0.3, -0.25) is 0 Å². The summed E-state index contributed by atoms with van der Waals surface area (Å²) in [6.45, 7) is 8.82. The first-order valence-corrected chi connectivity index (χ1v) is 11.7. The first-order chi connectivity index (χ1) is 17.3. The Morgan fingerprint density at radius 1 is 0.694 bits per heavy atom. The van der Waals surface area contributed by atoms with Crippen molar-refractivity contribution in [3.63, 3.8) is 0 Å². The number of aromatic hydroxyl groups is 2. The van der Waals surface area contributed by atoms with Crippen molar-refractivity contribution < 1.29 is 38.8 Å². The Bertz CT molecular complexity index is 883. The maximum atomic E-state index is 11.2. The van der Waals surface area contributed by atoms with Crippen molar-refractivity contribution in [3.05, 3.63) is 84.0 Å². The van der Waals surface area contributed by atoms with Gasteiger partial charge in [-0.15, -0.1) is 0 Å². The quantitative estimate of drug-likeness (QED) is 0.198. The number of carbonyl (C=O) groups is 3. The van der Waals surface area contributed by atoms with Crippen LogP contribution in [0.2, 0.25) is 0 Å². The molecule has 0 unspecified atom stereocenters. The van der Waals surface area contributed by atoms with Crippen molar-refractivity contribution in [2.75, 3.05) is 19.8 Å². The number of hydrogen-bond donors (Lipinski definition) is 2. The highest BCUT2D eigenvalue weighted by Crippen LogP contribution is 2.11. The van der Waals surface area contributed by atoms with E-state index >= 15 is 0 Å². The van der Waals surface area contributed by atoms with Crippen molar-refractivity contribution in [1.29, 1.82) is 0 Å². The van der Waals surface area contributed by atoms with Crippen LogP contribution in [0.1, 0.15) is 61.3 Å². The first kappa shape index (κ1) is 31.9. The Kier molecular flexibility index (Phi) is 18.0. The van der Waals surface area contributed by atoms with Crippen LogP contribution in [0.3, 0.4) is 0 Å². The van der Waals surface area contributed by atoms with Gasteiger partial charge in [-0.2, -0.15) is 0 Å². The minimum Gasteiger partial charge on any atom is -0.508 e. The van der Waals surface area contributed by atoms with E-state index in [1.165, 1.54) is 54.6 Å².